The Labute approximate surface area is 121 Å². The first kappa shape index (κ1) is 14.7. The first-order chi connectivity index (χ1) is 9.36. The predicted molar refractivity (Wildman–Crippen MR) is 82.8 cm³/mol. The van der Waals surface area contributed by atoms with Crippen molar-refractivity contribution in [3.05, 3.63) is 65.0 Å². The highest BCUT2D eigenvalue weighted by Crippen LogP contribution is 2.24. The van der Waals surface area contributed by atoms with Crippen LogP contribution in [0.5, 0.6) is 0 Å². The fourth-order valence-electron chi connectivity index (χ4n) is 2.16. The molecule has 2 rings (SSSR count). The summed E-state index contributed by atoms with van der Waals surface area (Å²) in [5.41, 5.74) is 4.46. The summed E-state index contributed by atoms with van der Waals surface area (Å²) in [5, 5.41) is 10.3. The molecule has 0 bridgehead atoms. The normalized spacial score (nSPS) is 13.2. The van der Waals surface area contributed by atoms with E-state index in [1.54, 1.807) is 6.20 Å². The Hall–Kier alpha value is -1.67. The molecule has 2 nitrogen and oxygen atoms in total. The van der Waals surface area contributed by atoms with Gasteiger partial charge in [-0.25, -0.2) is 0 Å². The Morgan fingerprint density at radius 3 is 2.20 bits per heavy atom. The van der Waals surface area contributed by atoms with Gasteiger partial charge in [0.25, 0.3) is 0 Å². The molecule has 0 amide bonds. The number of aliphatic hydroxyl groups is 1. The summed E-state index contributed by atoms with van der Waals surface area (Å²) in [4.78, 5) is 4.23. The van der Waals surface area contributed by atoms with Crippen LogP contribution in [0.25, 0.3) is 0 Å². The summed E-state index contributed by atoms with van der Waals surface area (Å²) in [6.07, 6.45) is 1.88. The third kappa shape index (κ3) is 3.67. The van der Waals surface area contributed by atoms with Crippen LogP contribution in [0.1, 0.15) is 49.3 Å². The lowest BCUT2D eigenvalue weighted by atomic mass is 9.86. The van der Waals surface area contributed by atoms with Crippen LogP contribution in [-0.4, -0.2) is 10.1 Å². The summed E-state index contributed by atoms with van der Waals surface area (Å²) < 4.78 is 0. The first-order valence-electron chi connectivity index (χ1n) is 7.06. The lowest BCUT2D eigenvalue weighted by Crippen LogP contribution is -2.11. The maximum Gasteiger partial charge on any atom is 0.0845 e. The molecule has 2 aromatic rings. The Bertz CT molecular complexity index is 549. The average molecular weight is 269 g/mol. The van der Waals surface area contributed by atoms with Crippen LogP contribution in [0.15, 0.2) is 42.6 Å². The molecule has 0 aliphatic carbocycles. The maximum absolute atomic E-state index is 10.3. The third-order valence-electron chi connectivity index (χ3n) is 3.57. The summed E-state index contributed by atoms with van der Waals surface area (Å²) in [7, 11) is 0. The van der Waals surface area contributed by atoms with Crippen molar-refractivity contribution in [2.24, 2.45) is 0 Å². The molecule has 0 saturated carbocycles. The van der Waals surface area contributed by atoms with Crippen LogP contribution < -0.4 is 0 Å². The molecule has 1 aromatic heterocycles. The summed E-state index contributed by atoms with van der Waals surface area (Å²) in [6.45, 7) is 8.56. The van der Waals surface area contributed by atoms with E-state index >= 15 is 0 Å². The van der Waals surface area contributed by atoms with Crippen LogP contribution in [0, 0.1) is 6.92 Å². The largest absolute Gasteiger partial charge is 0.388 e. The van der Waals surface area contributed by atoms with Crippen LogP contribution >= 0.6 is 0 Å². The monoisotopic (exact) mass is 269 g/mol. The Balaban J connectivity index is 2.08. The lowest BCUT2D eigenvalue weighted by molar-refractivity contribution is 0.178. The zero-order chi connectivity index (χ0) is 14.8. The lowest BCUT2D eigenvalue weighted by Gasteiger charge is -2.19. The molecule has 0 saturated heterocycles. The standard InChI is InChI=1S/C18H23NO/c1-13-5-8-15(12-19-13)17(20)11-14-6-9-16(10-7-14)18(2,3)4/h5-10,12,17,20H,11H2,1-4H3. The van der Waals surface area contributed by atoms with Gasteiger partial charge in [0.05, 0.1) is 6.10 Å². The molecule has 0 radical (unpaired) electrons. The molecule has 1 N–H and O–H groups in total. The quantitative estimate of drug-likeness (QED) is 0.914. The number of hydrogen-bond acceptors (Lipinski definition) is 2. The first-order valence-corrected chi connectivity index (χ1v) is 7.06. The second-order valence-electron chi connectivity index (χ2n) is 6.40. The average Bonchev–Trinajstić information content (AvgIpc) is 2.39. The van der Waals surface area contributed by atoms with Crippen molar-refractivity contribution in [3.63, 3.8) is 0 Å². The summed E-state index contributed by atoms with van der Waals surface area (Å²) >= 11 is 0. The second-order valence-corrected chi connectivity index (χ2v) is 6.40. The van der Waals surface area contributed by atoms with Gasteiger partial charge in [-0.1, -0.05) is 51.1 Å². The van der Waals surface area contributed by atoms with Gasteiger partial charge >= 0.3 is 0 Å². The van der Waals surface area contributed by atoms with E-state index in [0.717, 1.165) is 16.8 Å². The number of nitrogens with zero attached hydrogens (tertiary/aromatic N) is 1. The maximum atomic E-state index is 10.3. The smallest absolute Gasteiger partial charge is 0.0845 e. The molecule has 0 aliphatic rings. The summed E-state index contributed by atoms with van der Waals surface area (Å²) in [6, 6.07) is 12.4. The number of rotatable bonds is 3. The minimum absolute atomic E-state index is 0.165. The molecule has 1 unspecified atom stereocenters. The highest BCUT2D eigenvalue weighted by atomic mass is 16.3. The van der Waals surface area contributed by atoms with E-state index in [2.05, 4.69) is 50.0 Å². The second kappa shape index (κ2) is 5.76. The van der Waals surface area contributed by atoms with E-state index in [-0.39, 0.29) is 5.41 Å². The van der Waals surface area contributed by atoms with Crippen molar-refractivity contribution in [1.29, 1.82) is 0 Å². The van der Waals surface area contributed by atoms with Crippen molar-refractivity contribution in [3.8, 4) is 0 Å². The van der Waals surface area contributed by atoms with Gasteiger partial charge < -0.3 is 5.11 Å². The zero-order valence-corrected chi connectivity index (χ0v) is 12.7. The Morgan fingerprint density at radius 2 is 1.70 bits per heavy atom. The van der Waals surface area contributed by atoms with Gasteiger partial charge in [0.2, 0.25) is 0 Å². The van der Waals surface area contributed by atoms with E-state index in [1.807, 2.05) is 19.1 Å². The van der Waals surface area contributed by atoms with E-state index in [9.17, 15) is 5.11 Å². The highest BCUT2D eigenvalue weighted by Gasteiger charge is 2.14. The summed E-state index contributed by atoms with van der Waals surface area (Å²) in [5.74, 6) is 0. The minimum atomic E-state index is -0.497. The van der Waals surface area contributed by atoms with Crippen molar-refractivity contribution in [2.75, 3.05) is 0 Å². The van der Waals surface area contributed by atoms with Gasteiger partial charge in [0.15, 0.2) is 0 Å². The minimum Gasteiger partial charge on any atom is -0.388 e. The van der Waals surface area contributed by atoms with E-state index < -0.39 is 6.10 Å². The van der Waals surface area contributed by atoms with Crippen LogP contribution in [0.2, 0.25) is 0 Å². The topological polar surface area (TPSA) is 33.1 Å². The van der Waals surface area contributed by atoms with Crippen LogP contribution in [0.4, 0.5) is 0 Å². The predicted octanol–water partition coefficient (Wildman–Crippen LogP) is 3.96. The highest BCUT2D eigenvalue weighted by molar-refractivity contribution is 5.29. The van der Waals surface area contributed by atoms with Crippen molar-refractivity contribution in [1.82, 2.24) is 4.98 Å². The van der Waals surface area contributed by atoms with E-state index in [4.69, 9.17) is 0 Å². The van der Waals surface area contributed by atoms with Gasteiger partial charge in [0.1, 0.15) is 0 Å². The number of hydrogen-bond donors (Lipinski definition) is 1. The number of aromatic nitrogens is 1. The molecule has 0 spiro atoms. The fourth-order valence-corrected chi connectivity index (χ4v) is 2.16. The Kier molecular flexibility index (Phi) is 4.24. The van der Waals surface area contributed by atoms with Crippen LogP contribution in [0.3, 0.4) is 0 Å². The third-order valence-corrected chi connectivity index (χ3v) is 3.57. The number of pyridine rings is 1. The SMILES string of the molecule is Cc1ccc(C(O)Cc2ccc(C(C)(C)C)cc2)cn1. The molecular weight excluding hydrogens is 246 g/mol. The van der Waals surface area contributed by atoms with Gasteiger partial charge in [-0.2, -0.15) is 0 Å². The van der Waals surface area contributed by atoms with Gasteiger partial charge in [-0.3, -0.25) is 4.98 Å². The van der Waals surface area contributed by atoms with E-state index in [0.29, 0.717) is 6.42 Å². The number of aliphatic hydroxyl groups excluding tert-OH is 1. The van der Waals surface area contributed by atoms with Crippen molar-refractivity contribution >= 4 is 0 Å². The molecule has 106 valence electrons. The zero-order valence-electron chi connectivity index (χ0n) is 12.7. The van der Waals surface area contributed by atoms with E-state index in [1.165, 1.54) is 5.56 Å². The number of benzene rings is 1. The molecule has 1 atom stereocenters. The number of aryl methyl sites for hydroxylation is 1. The fraction of sp³-hybridized carbons (Fsp3) is 0.389. The molecule has 1 aromatic carbocycles. The van der Waals surface area contributed by atoms with Gasteiger partial charge in [0, 0.05) is 18.3 Å². The van der Waals surface area contributed by atoms with Crippen molar-refractivity contribution in [2.45, 2.75) is 45.6 Å². The van der Waals surface area contributed by atoms with Crippen molar-refractivity contribution < 1.29 is 5.11 Å². The van der Waals surface area contributed by atoms with Gasteiger partial charge in [-0.05, 0) is 35.1 Å². The molecule has 0 aliphatic heterocycles. The van der Waals surface area contributed by atoms with Crippen LogP contribution in [-0.2, 0) is 11.8 Å². The van der Waals surface area contributed by atoms with Gasteiger partial charge in [-0.15, -0.1) is 0 Å². The Morgan fingerprint density at radius 1 is 1.05 bits per heavy atom. The molecule has 20 heavy (non-hydrogen) atoms. The molecule has 0 fully saturated rings. The molecule has 1 heterocycles. The molecular formula is C18H23NO. The molecule has 2 heteroatoms.